The first kappa shape index (κ1) is 35.1. The second kappa shape index (κ2) is 13.1. The number of hydrogen-bond donors (Lipinski definition) is 0. The number of fused-ring (bicyclic) bond motifs is 10. The van der Waals surface area contributed by atoms with E-state index in [-0.39, 0.29) is 5.41 Å². The third-order valence-electron chi connectivity index (χ3n) is 13.8. The van der Waals surface area contributed by atoms with Gasteiger partial charge in [-0.3, -0.25) is 0 Å². The summed E-state index contributed by atoms with van der Waals surface area (Å²) in [5.74, 6) is 0. The van der Waals surface area contributed by atoms with E-state index in [2.05, 4.69) is 220 Å². The van der Waals surface area contributed by atoms with Gasteiger partial charge >= 0.3 is 0 Å². The van der Waals surface area contributed by atoms with Crippen LogP contribution in [0, 0.1) is 0 Å². The zero-order valence-corrected chi connectivity index (χ0v) is 34.5. The van der Waals surface area contributed by atoms with Gasteiger partial charge in [0.15, 0.2) is 0 Å². The van der Waals surface area contributed by atoms with Crippen LogP contribution < -0.4 is 0 Å². The molecule has 0 bridgehead atoms. The normalized spacial score (nSPS) is 13.1. The van der Waals surface area contributed by atoms with Crippen molar-refractivity contribution in [3.63, 3.8) is 0 Å². The molecule has 12 aromatic rings. The number of rotatable bonds is 4. The highest BCUT2D eigenvalue weighted by Crippen LogP contribution is 2.52. The summed E-state index contributed by atoms with van der Waals surface area (Å²) in [6.07, 6.45) is 0. The second-order valence-corrected chi connectivity index (χ2v) is 17.6. The Hall–Kier alpha value is -7.74. The monoisotopic (exact) mass is 788 g/mol. The Balaban J connectivity index is 0.974. The van der Waals surface area contributed by atoms with Crippen LogP contribution in [0.3, 0.4) is 0 Å². The fraction of sp³-hybridized carbons (Fsp3) is 0.0492. The number of furan rings is 1. The molecule has 0 N–H and O–H groups in total. The van der Waals surface area contributed by atoms with Crippen molar-refractivity contribution < 1.29 is 4.42 Å². The van der Waals surface area contributed by atoms with Crippen molar-refractivity contribution in [3.05, 3.63) is 217 Å². The fourth-order valence-electron chi connectivity index (χ4n) is 10.8. The molecule has 0 unspecified atom stereocenters. The quantitative estimate of drug-likeness (QED) is 0.162. The van der Waals surface area contributed by atoms with E-state index in [9.17, 15) is 0 Å². The van der Waals surface area contributed by atoms with Gasteiger partial charge in [0, 0.05) is 16.2 Å². The minimum Gasteiger partial charge on any atom is -0.456 e. The first-order valence-corrected chi connectivity index (χ1v) is 21.7. The van der Waals surface area contributed by atoms with Crippen LogP contribution in [-0.4, -0.2) is 0 Å². The van der Waals surface area contributed by atoms with Gasteiger partial charge in [0.25, 0.3) is 0 Å². The lowest BCUT2D eigenvalue weighted by atomic mass is 9.81. The first-order valence-electron chi connectivity index (χ1n) is 21.7. The lowest BCUT2D eigenvalue weighted by Gasteiger charge is -2.22. The Morgan fingerprint density at radius 1 is 0.290 bits per heavy atom. The third-order valence-corrected chi connectivity index (χ3v) is 13.8. The molecule has 0 spiro atoms. The molecular weight excluding hydrogens is 749 g/mol. The Labute approximate surface area is 360 Å². The predicted octanol–water partition coefficient (Wildman–Crippen LogP) is 17.2. The summed E-state index contributed by atoms with van der Waals surface area (Å²) in [7, 11) is 0. The topological polar surface area (TPSA) is 13.1 Å². The molecule has 0 fully saturated rings. The van der Waals surface area contributed by atoms with E-state index in [1.165, 1.54) is 110 Å². The van der Waals surface area contributed by atoms with Gasteiger partial charge in [-0.1, -0.05) is 172 Å². The lowest BCUT2D eigenvalue weighted by Crippen LogP contribution is -2.14. The minimum atomic E-state index is -0.0680. The van der Waals surface area contributed by atoms with E-state index < -0.39 is 0 Å². The summed E-state index contributed by atoms with van der Waals surface area (Å²) in [6, 6.07) is 76.3. The van der Waals surface area contributed by atoms with Gasteiger partial charge in [0.2, 0.25) is 0 Å². The summed E-state index contributed by atoms with van der Waals surface area (Å²) in [5, 5.41) is 12.3. The smallest absolute Gasteiger partial charge is 0.135 e. The van der Waals surface area contributed by atoms with Gasteiger partial charge in [-0.05, 0) is 158 Å². The molecule has 0 atom stereocenters. The maximum absolute atomic E-state index is 6.56. The summed E-state index contributed by atoms with van der Waals surface area (Å²) >= 11 is 0. The van der Waals surface area contributed by atoms with Crippen LogP contribution in [0.25, 0.3) is 121 Å². The molecule has 1 nitrogen and oxygen atoms in total. The van der Waals surface area contributed by atoms with E-state index in [1.807, 2.05) is 0 Å². The molecule has 1 heterocycles. The maximum atomic E-state index is 6.56. The molecule has 0 aliphatic heterocycles. The fourth-order valence-corrected chi connectivity index (χ4v) is 10.8. The summed E-state index contributed by atoms with van der Waals surface area (Å²) in [5.41, 5.74) is 16.9. The Morgan fingerprint density at radius 3 is 1.47 bits per heavy atom. The zero-order chi connectivity index (χ0) is 41.1. The Morgan fingerprint density at radius 2 is 0.774 bits per heavy atom. The molecule has 11 aromatic carbocycles. The average Bonchev–Trinajstić information content (AvgIpc) is 3.79. The standard InChI is InChI=1S/C61H40O/c1-61(2)55-28-25-41(33-51(55)52-32-39-15-5-6-16-40(39)36-56(52)61)42-26-29-57-53(34-42)54-35-44(27-30-58(54)62-57)59-47-19-9-11-21-49(47)60(50-22-12-10-20-48(50)59)46-18-8-7-17-45(46)43-24-23-37-13-3-4-14-38(37)31-43/h3-36H,1-2H3. The average molecular weight is 789 g/mol. The van der Waals surface area contributed by atoms with Gasteiger partial charge in [-0.15, -0.1) is 0 Å². The van der Waals surface area contributed by atoms with Crippen LogP contribution in [0.4, 0.5) is 0 Å². The highest BCUT2D eigenvalue weighted by Gasteiger charge is 2.36. The zero-order valence-electron chi connectivity index (χ0n) is 34.5. The van der Waals surface area contributed by atoms with Crippen molar-refractivity contribution in [1.82, 2.24) is 0 Å². The van der Waals surface area contributed by atoms with E-state index in [0.717, 1.165) is 21.9 Å². The molecule has 290 valence electrons. The molecule has 0 saturated carbocycles. The van der Waals surface area contributed by atoms with Crippen LogP contribution in [-0.2, 0) is 5.41 Å². The SMILES string of the molecule is CC1(C)c2ccc(-c3ccc4oc5ccc(-c6c7ccccc7c(-c7ccccc7-c7ccc8ccccc8c7)c7ccccc67)cc5c4c3)cc2-c2cc3ccccc3cc21. The van der Waals surface area contributed by atoms with Gasteiger partial charge in [-0.2, -0.15) is 0 Å². The number of hydrogen-bond acceptors (Lipinski definition) is 1. The van der Waals surface area contributed by atoms with Crippen molar-refractivity contribution in [1.29, 1.82) is 0 Å². The highest BCUT2D eigenvalue weighted by molar-refractivity contribution is 6.23. The van der Waals surface area contributed by atoms with Gasteiger partial charge in [-0.25, -0.2) is 0 Å². The van der Waals surface area contributed by atoms with Gasteiger partial charge < -0.3 is 4.42 Å². The van der Waals surface area contributed by atoms with Crippen LogP contribution >= 0.6 is 0 Å². The molecule has 1 aliphatic carbocycles. The molecule has 1 heteroatoms. The summed E-state index contributed by atoms with van der Waals surface area (Å²) in [6.45, 7) is 4.72. The van der Waals surface area contributed by atoms with Crippen LogP contribution in [0.5, 0.6) is 0 Å². The van der Waals surface area contributed by atoms with E-state index in [0.29, 0.717) is 0 Å². The first-order chi connectivity index (χ1) is 30.5. The molecular formula is C61H40O. The van der Waals surface area contributed by atoms with Crippen molar-refractivity contribution >= 4 is 65.0 Å². The summed E-state index contributed by atoms with van der Waals surface area (Å²) in [4.78, 5) is 0. The van der Waals surface area contributed by atoms with Crippen LogP contribution in [0.2, 0.25) is 0 Å². The van der Waals surface area contributed by atoms with E-state index in [1.54, 1.807) is 0 Å². The predicted molar refractivity (Wildman–Crippen MR) is 263 cm³/mol. The Kier molecular flexibility index (Phi) is 7.42. The second-order valence-electron chi connectivity index (χ2n) is 17.6. The maximum Gasteiger partial charge on any atom is 0.135 e. The van der Waals surface area contributed by atoms with Crippen molar-refractivity contribution in [2.45, 2.75) is 19.3 Å². The van der Waals surface area contributed by atoms with Crippen LogP contribution in [0.15, 0.2) is 211 Å². The Bertz CT molecular complexity index is 3780. The lowest BCUT2D eigenvalue weighted by molar-refractivity contribution is 0.661. The molecule has 13 rings (SSSR count). The van der Waals surface area contributed by atoms with Gasteiger partial charge in [0.05, 0.1) is 0 Å². The molecule has 1 aromatic heterocycles. The van der Waals surface area contributed by atoms with Crippen molar-refractivity contribution in [2.24, 2.45) is 0 Å². The molecule has 0 amide bonds. The molecule has 62 heavy (non-hydrogen) atoms. The molecule has 1 aliphatic rings. The van der Waals surface area contributed by atoms with Crippen molar-refractivity contribution in [2.75, 3.05) is 0 Å². The van der Waals surface area contributed by atoms with E-state index >= 15 is 0 Å². The highest BCUT2D eigenvalue weighted by atomic mass is 16.3. The largest absolute Gasteiger partial charge is 0.456 e. The third kappa shape index (κ3) is 5.15. The van der Waals surface area contributed by atoms with Crippen molar-refractivity contribution in [3.8, 4) is 55.6 Å². The summed E-state index contributed by atoms with van der Waals surface area (Å²) < 4.78 is 6.56. The van der Waals surface area contributed by atoms with Gasteiger partial charge in [0.1, 0.15) is 11.2 Å². The molecule has 0 saturated heterocycles. The minimum absolute atomic E-state index is 0.0680. The van der Waals surface area contributed by atoms with Crippen LogP contribution in [0.1, 0.15) is 25.0 Å². The number of benzene rings is 11. The van der Waals surface area contributed by atoms with E-state index in [4.69, 9.17) is 4.42 Å². The molecule has 0 radical (unpaired) electrons.